The van der Waals surface area contributed by atoms with Gasteiger partial charge in [-0.1, -0.05) is 25.7 Å². The molecule has 0 saturated heterocycles. The van der Waals surface area contributed by atoms with Crippen molar-refractivity contribution in [1.82, 2.24) is 20.1 Å². The maximum absolute atomic E-state index is 13.0. The summed E-state index contributed by atoms with van der Waals surface area (Å²) in [6, 6.07) is 4.26. The first-order valence-corrected chi connectivity index (χ1v) is 12.8. The number of pyridine rings is 1. The molecule has 8 nitrogen and oxygen atoms in total. The second-order valence-corrected chi connectivity index (χ2v) is 10.3. The number of amides is 2. The van der Waals surface area contributed by atoms with E-state index in [0.717, 1.165) is 30.6 Å². The minimum Gasteiger partial charge on any atom is -0.379 e. The standard InChI is InChI=1S/C25H30F2N6O2S/c1-15-20(10-17(11-28-15)23(26)27)29-13-19-7-8-22(36-19)25(35)32-21(9-16-5-3-4-6-16)24(34)31-18-12-30-33(2)14-18/h7-8,10-12,14,16,21,23,29H,3-6,9,13H2,1-2H3,(H,31,34)(H,32,35)/t21-/m0/s1. The van der Waals surface area contributed by atoms with Crippen LogP contribution in [0.4, 0.5) is 20.2 Å². The van der Waals surface area contributed by atoms with Gasteiger partial charge in [0.1, 0.15) is 6.04 Å². The summed E-state index contributed by atoms with van der Waals surface area (Å²) in [6.07, 6.45) is 6.85. The molecule has 3 heterocycles. The van der Waals surface area contributed by atoms with Crippen LogP contribution in [-0.2, 0) is 18.4 Å². The molecule has 0 aliphatic heterocycles. The molecule has 3 N–H and O–H groups in total. The van der Waals surface area contributed by atoms with Crippen LogP contribution >= 0.6 is 11.3 Å². The number of aromatic nitrogens is 3. The smallest absolute Gasteiger partial charge is 0.265 e. The van der Waals surface area contributed by atoms with Gasteiger partial charge in [0.2, 0.25) is 5.91 Å². The van der Waals surface area contributed by atoms with Crippen molar-refractivity contribution in [3.63, 3.8) is 0 Å². The fourth-order valence-corrected chi connectivity index (χ4v) is 5.23. The van der Waals surface area contributed by atoms with Gasteiger partial charge in [-0.05, 0) is 37.5 Å². The van der Waals surface area contributed by atoms with Gasteiger partial charge in [0.15, 0.2) is 0 Å². The molecule has 1 aliphatic carbocycles. The molecule has 1 saturated carbocycles. The van der Waals surface area contributed by atoms with Crippen molar-refractivity contribution in [3.8, 4) is 0 Å². The van der Waals surface area contributed by atoms with Crippen LogP contribution in [-0.4, -0.2) is 32.6 Å². The predicted octanol–water partition coefficient (Wildman–Crippen LogP) is 5.05. The quantitative estimate of drug-likeness (QED) is 0.350. The lowest BCUT2D eigenvalue weighted by Gasteiger charge is -2.21. The summed E-state index contributed by atoms with van der Waals surface area (Å²) in [5.41, 5.74) is 1.57. The molecule has 11 heteroatoms. The van der Waals surface area contributed by atoms with Crippen LogP contribution in [0.3, 0.4) is 0 Å². The van der Waals surface area contributed by atoms with Gasteiger partial charge in [-0.25, -0.2) is 8.78 Å². The van der Waals surface area contributed by atoms with Gasteiger partial charge in [-0.15, -0.1) is 11.3 Å². The van der Waals surface area contributed by atoms with Crippen molar-refractivity contribution in [3.05, 3.63) is 57.8 Å². The van der Waals surface area contributed by atoms with E-state index in [-0.39, 0.29) is 17.4 Å². The summed E-state index contributed by atoms with van der Waals surface area (Å²) in [4.78, 5) is 31.4. The molecule has 0 aromatic carbocycles. The number of nitrogens with zero attached hydrogens (tertiary/aromatic N) is 3. The number of hydrogen-bond acceptors (Lipinski definition) is 6. The lowest BCUT2D eigenvalue weighted by atomic mass is 9.97. The Hall–Kier alpha value is -3.34. The molecule has 0 spiro atoms. The molecule has 3 aromatic heterocycles. The number of halogens is 2. The molecule has 0 unspecified atom stereocenters. The third-order valence-electron chi connectivity index (χ3n) is 6.34. The highest BCUT2D eigenvalue weighted by Gasteiger charge is 2.27. The highest BCUT2D eigenvalue weighted by molar-refractivity contribution is 7.14. The van der Waals surface area contributed by atoms with Gasteiger partial charge in [0.05, 0.1) is 28.1 Å². The van der Waals surface area contributed by atoms with Crippen molar-refractivity contribution in [2.45, 2.75) is 58.0 Å². The number of alkyl halides is 2. The van der Waals surface area contributed by atoms with Crippen LogP contribution in [0.5, 0.6) is 0 Å². The SMILES string of the molecule is Cc1ncc(C(F)F)cc1NCc1ccc(C(=O)N[C@@H](CC2CCCC2)C(=O)Nc2cnn(C)c2)s1. The minimum atomic E-state index is -2.59. The maximum Gasteiger partial charge on any atom is 0.265 e. The predicted molar refractivity (Wildman–Crippen MR) is 135 cm³/mol. The molecule has 1 aliphatic rings. The number of thiophene rings is 1. The van der Waals surface area contributed by atoms with E-state index >= 15 is 0 Å². The number of rotatable bonds is 10. The van der Waals surface area contributed by atoms with Gasteiger partial charge in [-0.3, -0.25) is 19.3 Å². The maximum atomic E-state index is 13.0. The molecule has 0 bridgehead atoms. The van der Waals surface area contributed by atoms with Gasteiger partial charge in [-0.2, -0.15) is 5.10 Å². The highest BCUT2D eigenvalue weighted by Crippen LogP contribution is 2.29. The summed E-state index contributed by atoms with van der Waals surface area (Å²) < 4.78 is 27.6. The lowest BCUT2D eigenvalue weighted by molar-refractivity contribution is -0.118. The zero-order valence-corrected chi connectivity index (χ0v) is 21.1. The molecule has 36 heavy (non-hydrogen) atoms. The minimum absolute atomic E-state index is 0.146. The second kappa shape index (κ2) is 11.6. The number of carbonyl (C=O) groups excluding carboxylic acids is 2. The van der Waals surface area contributed by atoms with Crippen LogP contribution in [0.25, 0.3) is 0 Å². The second-order valence-electron chi connectivity index (χ2n) is 9.13. The van der Waals surface area contributed by atoms with E-state index in [1.165, 1.54) is 23.6 Å². The molecular formula is C25H30F2N6O2S. The van der Waals surface area contributed by atoms with Crippen LogP contribution in [0.1, 0.15) is 64.3 Å². The lowest BCUT2D eigenvalue weighted by Crippen LogP contribution is -2.44. The van der Waals surface area contributed by atoms with Crippen molar-refractivity contribution in [2.24, 2.45) is 13.0 Å². The van der Waals surface area contributed by atoms with E-state index in [9.17, 15) is 18.4 Å². The normalized spacial score (nSPS) is 14.7. The first kappa shape index (κ1) is 25.7. The molecule has 1 fully saturated rings. The summed E-state index contributed by atoms with van der Waals surface area (Å²) in [5.74, 6) is -0.171. The summed E-state index contributed by atoms with van der Waals surface area (Å²) >= 11 is 1.29. The molecule has 0 radical (unpaired) electrons. The Labute approximate surface area is 212 Å². The number of nitrogens with one attached hydrogen (secondary N) is 3. The molecule has 3 aromatic rings. The van der Waals surface area contributed by atoms with E-state index in [1.807, 2.05) is 6.07 Å². The van der Waals surface area contributed by atoms with Crippen molar-refractivity contribution >= 4 is 34.5 Å². The Balaban J connectivity index is 1.39. The Morgan fingerprint density at radius 2 is 2.00 bits per heavy atom. The third-order valence-corrected chi connectivity index (χ3v) is 7.42. The Kier molecular flexibility index (Phi) is 8.29. The molecule has 1 atom stereocenters. The van der Waals surface area contributed by atoms with Gasteiger partial charge >= 0.3 is 0 Å². The Morgan fingerprint density at radius 3 is 2.69 bits per heavy atom. The molecular weight excluding hydrogens is 486 g/mol. The van der Waals surface area contributed by atoms with Crippen molar-refractivity contribution in [1.29, 1.82) is 0 Å². The molecule has 2 amide bonds. The largest absolute Gasteiger partial charge is 0.379 e. The van der Waals surface area contributed by atoms with Crippen molar-refractivity contribution < 1.29 is 18.4 Å². The first-order valence-electron chi connectivity index (χ1n) is 12.0. The average Bonchev–Trinajstić information content (AvgIpc) is 3.61. The highest BCUT2D eigenvalue weighted by atomic mass is 32.1. The van der Waals surface area contributed by atoms with Gasteiger partial charge in [0.25, 0.3) is 12.3 Å². The van der Waals surface area contributed by atoms with E-state index in [0.29, 0.717) is 40.8 Å². The average molecular weight is 517 g/mol. The van der Waals surface area contributed by atoms with Crippen LogP contribution in [0.2, 0.25) is 0 Å². The molecule has 4 rings (SSSR count). The third kappa shape index (κ3) is 6.66. The zero-order valence-electron chi connectivity index (χ0n) is 20.3. The summed E-state index contributed by atoms with van der Waals surface area (Å²) in [6.45, 7) is 2.10. The van der Waals surface area contributed by atoms with Crippen LogP contribution in [0, 0.1) is 12.8 Å². The summed E-state index contributed by atoms with van der Waals surface area (Å²) in [7, 11) is 1.77. The first-order chi connectivity index (χ1) is 17.3. The van der Waals surface area contributed by atoms with E-state index in [1.54, 1.807) is 37.1 Å². The van der Waals surface area contributed by atoms with Crippen molar-refractivity contribution in [2.75, 3.05) is 10.6 Å². The Morgan fingerprint density at radius 1 is 1.22 bits per heavy atom. The van der Waals surface area contributed by atoms with Crippen LogP contribution < -0.4 is 16.0 Å². The fraction of sp³-hybridized carbons (Fsp3) is 0.440. The number of hydrogen-bond donors (Lipinski definition) is 3. The topological polar surface area (TPSA) is 101 Å². The monoisotopic (exact) mass is 516 g/mol. The number of anilines is 2. The van der Waals surface area contributed by atoms with Gasteiger partial charge in [0, 0.05) is 36.4 Å². The van der Waals surface area contributed by atoms with Crippen LogP contribution in [0.15, 0.2) is 36.8 Å². The Bertz CT molecular complexity index is 1200. The van der Waals surface area contributed by atoms with Gasteiger partial charge < -0.3 is 16.0 Å². The van der Waals surface area contributed by atoms with E-state index in [2.05, 4.69) is 26.0 Å². The number of carbonyl (C=O) groups is 2. The summed E-state index contributed by atoms with van der Waals surface area (Å²) in [5, 5.41) is 13.0. The van der Waals surface area contributed by atoms with E-state index < -0.39 is 12.5 Å². The molecule has 192 valence electrons. The number of aryl methyl sites for hydroxylation is 2. The zero-order chi connectivity index (χ0) is 25.7. The fourth-order valence-electron chi connectivity index (χ4n) is 4.38. The van der Waals surface area contributed by atoms with E-state index in [4.69, 9.17) is 0 Å².